The van der Waals surface area contributed by atoms with Crippen LogP contribution in [0.25, 0.3) is 0 Å². The van der Waals surface area contributed by atoms with Crippen molar-refractivity contribution in [1.82, 2.24) is 0 Å². The van der Waals surface area contributed by atoms with E-state index in [1.807, 2.05) is 6.92 Å². The molecule has 0 aliphatic carbocycles. The van der Waals surface area contributed by atoms with E-state index >= 15 is 0 Å². The minimum absolute atomic E-state index is 0.314. The number of aryl methyl sites for hydroxylation is 1. The number of hydrogen-bond acceptors (Lipinski definition) is 2. The summed E-state index contributed by atoms with van der Waals surface area (Å²) in [4.78, 5) is 13.3. The topological polar surface area (TPSA) is 17.1 Å². The van der Waals surface area contributed by atoms with Gasteiger partial charge in [0.2, 0.25) is 5.78 Å². The van der Waals surface area contributed by atoms with Crippen LogP contribution in [0.2, 0.25) is 5.02 Å². The Morgan fingerprint density at radius 1 is 1.28 bits per heavy atom. The Bertz CT molecular complexity index is 620. The van der Waals surface area contributed by atoms with Gasteiger partial charge in [-0.25, -0.2) is 8.78 Å². The molecule has 0 aliphatic heterocycles. The lowest BCUT2D eigenvalue weighted by molar-refractivity contribution is 0.103. The molecule has 2 rings (SSSR count). The van der Waals surface area contributed by atoms with Crippen molar-refractivity contribution in [2.45, 2.75) is 6.92 Å². The van der Waals surface area contributed by atoms with E-state index in [1.54, 1.807) is 6.07 Å². The van der Waals surface area contributed by atoms with E-state index in [0.29, 0.717) is 4.88 Å². The van der Waals surface area contributed by atoms with Gasteiger partial charge in [0.05, 0.1) is 15.5 Å². The zero-order chi connectivity index (χ0) is 13.4. The maximum atomic E-state index is 13.6. The number of thiophene rings is 1. The van der Waals surface area contributed by atoms with Crippen LogP contribution in [0.5, 0.6) is 0 Å². The second kappa shape index (κ2) is 5.07. The molecule has 0 spiro atoms. The summed E-state index contributed by atoms with van der Waals surface area (Å²) >= 11 is 9.92. The normalized spacial score (nSPS) is 10.7. The fourth-order valence-electron chi connectivity index (χ4n) is 1.40. The highest BCUT2D eigenvalue weighted by atomic mass is 79.9. The summed E-state index contributed by atoms with van der Waals surface area (Å²) in [5.41, 5.74) is -0.314. The van der Waals surface area contributed by atoms with E-state index in [-0.39, 0.29) is 10.6 Å². The monoisotopic (exact) mass is 350 g/mol. The van der Waals surface area contributed by atoms with Crippen molar-refractivity contribution in [1.29, 1.82) is 0 Å². The predicted molar refractivity (Wildman–Crippen MR) is 71.6 cm³/mol. The maximum Gasteiger partial charge on any atom is 0.206 e. The smallest absolute Gasteiger partial charge is 0.206 e. The van der Waals surface area contributed by atoms with Crippen LogP contribution in [0.4, 0.5) is 8.78 Å². The molecule has 1 aromatic heterocycles. The summed E-state index contributed by atoms with van der Waals surface area (Å²) < 4.78 is 27.6. The van der Waals surface area contributed by atoms with Crippen molar-refractivity contribution in [2.75, 3.05) is 0 Å². The fourth-order valence-corrected chi connectivity index (χ4v) is 3.04. The molecule has 1 nitrogen and oxygen atoms in total. The van der Waals surface area contributed by atoms with E-state index in [1.165, 1.54) is 11.3 Å². The number of benzene rings is 1. The summed E-state index contributed by atoms with van der Waals surface area (Å²) in [6, 6.07) is 3.22. The summed E-state index contributed by atoms with van der Waals surface area (Å²) in [6.07, 6.45) is 0. The fraction of sp³-hybridized carbons (Fsp3) is 0.0833. The Morgan fingerprint density at radius 3 is 2.50 bits per heavy atom. The Labute approximate surface area is 120 Å². The van der Waals surface area contributed by atoms with Crippen LogP contribution >= 0.6 is 38.9 Å². The van der Waals surface area contributed by atoms with Gasteiger partial charge in [0.1, 0.15) is 11.6 Å². The molecule has 0 radical (unpaired) electrons. The van der Waals surface area contributed by atoms with Crippen LogP contribution in [0.15, 0.2) is 22.7 Å². The second-order valence-corrected chi connectivity index (χ2v) is 6.11. The highest BCUT2D eigenvalue weighted by Crippen LogP contribution is 2.29. The Hall–Kier alpha value is -0.780. The SMILES string of the molecule is Cc1sc(C(=O)c2cc(F)c(Cl)cc2F)cc1Br. The van der Waals surface area contributed by atoms with Crippen LogP contribution in [0.3, 0.4) is 0 Å². The molecule has 0 amide bonds. The zero-order valence-electron chi connectivity index (χ0n) is 9.06. The molecule has 0 unspecified atom stereocenters. The first-order valence-corrected chi connectivity index (χ1v) is 6.84. The van der Waals surface area contributed by atoms with Gasteiger partial charge in [-0.15, -0.1) is 11.3 Å². The first-order chi connectivity index (χ1) is 8.40. The number of carbonyl (C=O) groups is 1. The van der Waals surface area contributed by atoms with Gasteiger partial charge in [-0.05, 0) is 41.1 Å². The highest BCUT2D eigenvalue weighted by molar-refractivity contribution is 9.10. The van der Waals surface area contributed by atoms with Crippen LogP contribution in [-0.2, 0) is 0 Å². The van der Waals surface area contributed by atoms with Crippen LogP contribution in [-0.4, -0.2) is 5.78 Å². The number of rotatable bonds is 2. The van der Waals surface area contributed by atoms with E-state index in [0.717, 1.165) is 21.5 Å². The molecular formula is C12H6BrClF2OS. The Kier molecular flexibility index (Phi) is 3.84. The van der Waals surface area contributed by atoms with Crippen LogP contribution < -0.4 is 0 Å². The van der Waals surface area contributed by atoms with Crippen molar-refractivity contribution in [3.63, 3.8) is 0 Å². The summed E-state index contributed by atoms with van der Waals surface area (Å²) in [5.74, 6) is -2.19. The molecule has 0 saturated heterocycles. The lowest BCUT2D eigenvalue weighted by atomic mass is 10.1. The van der Waals surface area contributed by atoms with Gasteiger partial charge in [0.15, 0.2) is 0 Å². The molecule has 0 atom stereocenters. The van der Waals surface area contributed by atoms with Gasteiger partial charge < -0.3 is 0 Å². The molecule has 2 aromatic rings. The molecule has 0 N–H and O–H groups in total. The molecule has 1 heterocycles. The van der Waals surface area contributed by atoms with E-state index in [4.69, 9.17) is 11.6 Å². The lowest BCUT2D eigenvalue weighted by Crippen LogP contribution is -2.03. The van der Waals surface area contributed by atoms with Gasteiger partial charge in [-0.3, -0.25) is 4.79 Å². The van der Waals surface area contributed by atoms with E-state index in [2.05, 4.69) is 15.9 Å². The van der Waals surface area contributed by atoms with Crippen LogP contribution in [0.1, 0.15) is 20.1 Å². The molecule has 0 bridgehead atoms. The zero-order valence-corrected chi connectivity index (χ0v) is 12.2. The number of ketones is 1. The van der Waals surface area contributed by atoms with Crippen molar-refractivity contribution in [3.8, 4) is 0 Å². The molecule has 1 aromatic carbocycles. The van der Waals surface area contributed by atoms with Crippen molar-refractivity contribution < 1.29 is 13.6 Å². The standard InChI is InChI=1S/C12H6BrClF2OS/c1-5-7(13)3-11(18-5)12(17)6-2-10(16)8(14)4-9(6)15/h2-4H,1H3. The minimum atomic E-state index is -0.825. The Morgan fingerprint density at radius 2 is 1.94 bits per heavy atom. The van der Waals surface area contributed by atoms with Gasteiger partial charge in [0.25, 0.3) is 0 Å². The van der Waals surface area contributed by atoms with Crippen molar-refractivity contribution in [2.24, 2.45) is 0 Å². The van der Waals surface area contributed by atoms with Crippen molar-refractivity contribution in [3.05, 3.63) is 54.6 Å². The molecule has 0 aliphatic rings. The average molecular weight is 352 g/mol. The average Bonchev–Trinajstić information content (AvgIpc) is 2.63. The first-order valence-electron chi connectivity index (χ1n) is 4.85. The lowest BCUT2D eigenvalue weighted by Gasteiger charge is -2.02. The summed E-state index contributed by atoms with van der Waals surface area (Å²) in [5, 5.41) is -0.340. The summed E-state index contributed by atoms with van der Waals surface area (Å²) in [7, 11) is 0. The number of hydrogen-bond donors (Lipinski definition) is 0. The van der Waals surface area contributed by atoms with E-state index in [9.17, 15) is 13.6 Å². The Balaban J connectivity index is 2.49. The number of carbonyl (C=O) groups excluding carboxylic acids is 1. The number of halogens is 4. The molecular weight excluding hydrogens is 346 g/mol. The largest absolute Gasteiger partial charge is 0.288 e. The molecule has 0 saturated carbocycles. The van der Waals surface area contributed by atoms with Gasteiger partial charge in [0, 0.05) is 9.35 Å². The molecule has 18 heavy (non-hydrogen) atoms. The van der Waals surface area contributed by atoms with Crippen molar-refractivity contribution >= 4 is 44.7 Å². The van der Waals surface area contributed by atoms with Crippen LogP contribution in [0, 0.1) is 18.6 Å². The molecule has 94 valence electrons. The molecule has 6 heteroatoms. The quantitative estimate of drug-likeness (QED) is 0.551. The minimum Gasteiger partial charge on any atom is -0.288 e. The molecule has 0 fully saturated rings. The third-order valence-corrected chi connectivity index (χ3v) is 4.76. The highest BCUT2D eigenvalue weighted by Gasteiger charge is 2.19. The second-order valence-electron chi connectivity index (χ2n) is 3.59. The summed E-state index contributed by atoms with van der Waals surface area (Å²) in [6.45, 7) is 1.82. The van der Waals surface area contributed by atoms with Gasteiger partial charge >= 0.3 is 0 Å². The third-order valence-electron chi connectivity index (χ3n) is 2.34. The third kappa shape index (κ3) is 2.48. The van der Waals surface area contributed by atoms with E-state index < -0.39 is 17.4 Å². The van der Waals surface area contributed by atoms with Gasteiger partial charge in [-0.2, -0.15) is 0 Å². The first kappa shape index (κ1) is 13.6. The maximum absolute atomic E-state index is 13.6. The van der Waals surface area contributed by atoms with Gasteiger partial charge in [-0.1, -0.05) is 11.6 Å². The predicted octanol–water partition coefficient (Wildman–Crippen LogP) is 4.98.